The molecule has 172 valence electrons. The van der Waals surface area contributed by atoms with E-state index in [-0.39, 0.29) is 35.0 Å². The number of carbonyl (C=O) groups is 2. The van der Waals surface area contributed by atoms with Gasteiger partial charge in [-0.25, -0.2) is 9.37 Å². The van der Waals surface area contributed by atoms with Gasteiger partial charge in [0.05, 0.1) is 28.7 Å². The first-order valence-electron chi connectivity index (χ1n) is 10.4. The molecule has 0 aliphatic heterocycles. The molecule has 0 aliphatic rings. The van der Waals surface area contributed by atoms with Gasteiger partial charge < -0.3 is 19.9 Å². The molecule has 0 saturated heterocycles. The molecule has 4 rings (SSSR count). The van der Waals surface area contributed by atoms with Crippen molar-refractivity contribution in [2.75, 3.05) is 19.0 Å². The number of carbonyl (C=O) groups excluding carboxylic acids is 2. The molecule has 1 heterocycles. The van der Waals surface area contributed by atoms with Gasteiger partial charge in [0.15, 0.2) is 6.61 Å². The summed E-state index contributed by atoms with van der Waals surface area (Å²) in [5.41, 5.74) is 0.515. The highest BCUT2D eigenvalue weighted by molar-refractivity contribution is 5.97. The molecule has 0 bridgehead atoms. The van der Waals surface area contributed by atoms with Crippen molar-refractivity contribution < 1.29 is 18.7 Å². The van der Waals surface area contributed by atoms with E-state index < -0.39 is 18.3 Å². The second-order valence-corrected chi connectivity index (χ2v) is 7.50. The summed E-state index contributed by atoms with van der Waals surface area (Å²) in [6.45, 7) is -0.358. The van der Waals surface area contributed by atoms with Crippen molar-refractivity contribution in [2.45, 2.75) is 6.54 Å². The van der Waals surface area contributed by atoms with Crippen LogP contribution in [0, 0.1) is 5.82 Å². The number of nitrogens with zero attached hydrogens (tertiary/aromatic N) is 2. The van der Waals surface area contributed by atoms with Crippen LogP contribution in [0.15, 0.2) is 77.6 Å². The van der Waals surface area contributed by atoms with E-state index in [1.54, 1.807) is 61.6 Å². The predicted molar refractivity (Wildman–Crippen MR) is 125 cm³/mol. The van der Waals surface area contributed by atoms with E-state index in [1.165, 1.54) is 23.1 Å². The molecule has 34 heavy (non-hydrogen) atoms. The highest BCUT2D eigenvalue weighted by Crippen LogP contribution is 2.21. The Labute approximate surface area is 194 Å². The number of rotatable bonds is 7. The van der Waals surface area contributed by atoms with Crippen molar-refractivity contribution >= 4 is 28.4 Å². The molecule has 3 aromatic carbocycles. The van der Waals surface area contributed by atoms with Crippen LogP contribution in [-0.2, 0) is 11.3 Å². The number of ether oxygens (including phenoxy) is 1. The van der Waals surface area contributed by atoms with E-state index in [4.69, 9.17) is 4.74 Å². The first-order chi connectivity index (χ1) is 16.4. The van der Waals surface area contributed by atoms with Crippen LogP contribution in [0.3, 0.4) is 0 Å². The molecular weight excluding hydrogens is 439 g/mol. The van der Waals surface area contributed by atoms with Crippen molar-refractivity contribution in [2.24, 2.45) is 0 Å². The summed E-state index contributed by atoms with van der Waals surface area (Å²) >= 11 is 0. The molecule has 1 aromatic heterocycles. The van der Waals surface area contributed by atoms with Crippen molar-refractivity contribution in [1.29, 1.82) is 0 Å². The summed E-state index contributed by atoms with van der Waals surface area (Å²) in [5, 5.41) is 2.89. The number of para-hydroxylation sites is 3. The lowest BCUT2D eigenvalue weighted by Crippen LogP contribution is -2.29. The lowest BCUT2D eigenvalue weighted by atomic mass is 10.1. The van der Waals surface area contributed by atoms with Gasteiger partial charge in [0.2, 0.25) is 0 Å². The molecule has 0 saturated carbocycles. The largest absolute Gasteiger partial charge is 0.483 e. The van der Waals surface area contributed by atoms with Crippen molar-refractivity contribution in [3.05, 3.63) is 100 Å². The first kappa shape index (κ1) is 22.7. The average molecular weight is 460 g/mol. The maximum Gasteiger partial charge on any atom is 0.262 e. The molecule has 0 aliphatic carbocycles. The quantitative estimate of drug-likeness (QED) is 0.440. The Morgan fingerprint density at radius 3 is 2.56 bits per heavy atom. The Balaban J connectivity index is 1.45. The summed E-state index contributed by atoms with van der Waals surface area (Å²) < 4.78 is 19.3. The molecule has 2 N–H and O–H groups in total. The van der Waals surface area contributed by atoms with E-state index in [1.807, 2.05) is 0 Å². The summed E-state index contributed by atoms with van der Waals surface area (Å²) in [6.07, 6.45) is 0. The van der Waals surface area contributed by atoms with Crippen LogP contribution in [0.25, 0.3) is 10.9 Å². The number of fused-ring (bicyclic) bond motifs is 1. The smallest absolute Gasteiger partial charge is 0.262 e. The number of amides is 2. The SMILES string of the molecule is CN(Cc1nc2ccccc2c(=O)[nH]1)C(=O)c1ccccc1OCC(=O)Nc1ccccc1F. The molecule has 0 unspecified atom stereocenters. The number of benzene rings is 3. The molecular formula is C25H21FN4O4. The summed E-state index contributed by atoms with van der Waals surface area (Å²) in [6, 6.07) is 19.2. The highest BCUT2D eigenvalue weighted by Gasteiger charge is 2.19. The summed E-state index contributed by atoms with van der Waals surface area (Å²) in [7, 11) is 1.57. The van der Waals surface area contributed by atoms with E-state index in [2.05, 4.69) is 15.3 Å². The lowest BCUT2D eigenvalue weighted by molar-refractivity contribution is -0.118. The topological polar surface area (TPSA) is 104 Å². The van der Waals surface area contributed by atoms with Crippen LogP contribution in [0.1, 0.15) is 16.2 Å². The number of aromatic amines is 1. The zero-order chi connectivity index (χ0) is 24.1. The third-order valence-corrected chi connectivity index (χ3v) is 5.02. The molecule has 0 fully saturated rings. The molecule has 0 radical (unpaired) electrons. The molecule has 9 heteroatoms. The minimum absolute atomic E-state index is 0.0390. The number of halogens is 1. The number of hydrogen-bond donors (Lipinski definition) is 2. The monoisotopic (exact) mass is 460 g/mol. The minimum Gasteiger partial charge on any atom is -0.483 e. The second-order valence-electron chi connectivity index (χ2n) is 7.50. The minimum atomic E-state index is -0.571. The number of H-pyrrole nitrogens is 1. The Morgan fingerprint density at radius 1 is 1.03 bits per heavy atom. The van der Waals surface area contributed by atoms with Gasteiger partial charge in [-0.15, -0.1) is 0 Å². The Bertz CT molecular complexity index is 1420. The molecule has 2 amide bonds. The third kappa shape index (κ3) is 5.09. The lowest BCUT2D eigenvalue weighted by Gasteiger charge is -2.19. The second kappa shape index (κ2) is 9.95. The summed E-state index contributed by atoms with van der Waals surface area (Å²) in [5.74, 6) is -0.988. The first-order valence-corrected chi connectivity index (χ1v) is 10.4. The van der Waals surface area contributed by atoms with Gasteiger partial charge >= 0.3 is 0 Å². The fraction of sp³-hybridized carbons (Fsp3) is 0.120. The molecule has 0 spiro atoms. The van der Waals surface area contributed by atoms with Crippen molar-refractivity contribution in [1.82, 2.24) is 14.9 Å². The normalized spacial score (nSPS) is 10.6. The third-order valence-electron chi connectivity index (χ3n) is 5.02. The van der Waals surface area contributed by atoms with Gasteiger partial charge in [-0.05, 0) is 36.4 Å². The maximum atomic E-state index is 13.7. The van der Waals surface area contributed by atoms with Crippen LogP contribution in [0.4, 0.5) is 10.1 Å². The van der Waals surface area contributed by atoms with E-state index >= 15 is 0 Å². The van der Waals surface area contributed by atoms with Crippen LogP contribution < -0.4 is 15.6 Å². The van der Waals surface area contributed by atoms with Gasteiger partial charge in [0, 0.05) is 7.05 Å². The fourth-order valence-corrected chi connectivity index (χ4v) is 3.37. The molecule has 4 aromatic rings. The van der Waals surface area contributed by atoms with Gasteiger partial charge in [0.1, 0.15) is 17.4 Å². The van der Waals surface area contributed by atoms with Gasteiger partial charge in [-0.2, -0.15) is 0 Å². The van der Waals surface area contributed by atoms with E-state index in [9.17, 15) is 18.8 Å². The van der Waals surface area contributed by atoms with Crippen LogP contribution in [0.5, 0.6) is 5.75 Å². The number of nitrogens with one attached hydrogen (secondary N) is 2. The van der Waals surface area contributed by atoms with Crippen LogP contribution in [0.2, 0.25) is 0 Å². The zero-order valence-electron chi connectivity index (χ0n) is 18.2. The predicted octanol–water partition coefficient (Wildman–Crippen LogP) is 3.35. The highest BCUT2D eigenvalue weighted by atomic mass is 19.1. The number of aromatic nitrogens is 2. The van der Waals surface area contributed by atoms with E-state index in [0.29, 0.717) is 16.7 Å². The maximum absolute atomic E-state index is 13.7. The van der Waals surface area contributed by atoms with Crippen molar-refractivity contribution in [3.8, 4) is 5.75 Å². The number of hydrogen-bond acceptors (Lipinski definition) is 5. The van der Waals surface area contributed by atoms with Crippen molar-refractivity contribution in [3.63, 3.8) is 0 Å². The molecule has 8 nitrogen and oxygen atoms in total. The van der Waals surface area contributed by atoms with Crippen LogP contribution in [-0.4, -0.2) is 40.3 Å². The van der Waals surface area contributed by atoms with Gasteiger partial charge in [-0.3, -0.25) is 14.4 Å². The summed E-state index contributed by atoms with van der Waals surface area (Å²) in [4.78, 5) is 46.1. The van der Waals surface area contributed by atoms with E-state index in [0.717, 1.165) is 0 Å². The fourth-order valence-electron chi connectivity index (χ4n) is 3.37. The Morgan fingerprint density at radius 2 is 1.74 bits per heavy atom. The average Bonchev–Trinajstić information content (AvgIpc) is 2.84. The molecule has 0 atom stereocenters. The Hall–Kier alpha value is -4.53. The van der Waals surface area contributed by atoms with Gasteiger partial charge in [0.25, 0.3) is 17.4 Å². The standard InChI is InChI=1S/C25H21FN4O4/c1-30(14-22-27-19-11-5-2-8-16(19)24(32)29-22)25(33)17-9-3-7-13-21(17)34-15-23(31)28-20-12-6-4-10-18(20)26/h2-13H,14-15H2,1H3,(H,28,31)(H,27,29,32). The zero-order valence-corrected chi connectivity index (χ0v) is 18.2. The van der Waals surface area contributed by atoms with Crippen LogP contribution >= 0.6 is 0 Å². The number of anilines is 1. The van der Waals surface area contributed by atoms with Gasteiger partial charge in [-0.1, -0.05) is 36.4 Å². The Kier molecular flexibility index (Phi) is 6.63.